The Morgan fingerprint density at radius 3 is 2.46 bits per heavy atom. The maximum absolute atomic E-state index is 15.4. The van der Waals surface area contributed by atoms with Crippen molar-refractivity contribution in [2.24, 2.45) is 13.0 Å². The summed E-state index contributed by atoms with van der Waals surface area (Å²) >= 11 is 6.52. The molecule has 0 radical (unpaired) electrons. The zero-order chi connectivity index (χ0) is 40.2. The van der Waals surface area contributed by atoms with E-state index in [0.29, 0.717) is 10.7 Å². The molecule has 0 unspecified atom stereocenters. The Hall–Kier alpha value is -5.50. The molecule has 2 aliphatic rings. The molecule has 1 amide bonds. The van der Waals surface area contributed by atoms with Crippen molar-refractivity contribution in [3.63, 3.8) is 0 Å². The third-order valence-electron chi connectivity index (χ3n) is 9.78. The summed E-state index contributed by atoms with van der Waals surface area (Å²) in [6, 6.07) is 6.94. The van der Waals surface area contributed by atoms with Crippen LogP contribution in [0.3, 0.4) is 0 Å². The Bertz CT molecular complexity index is 2810. The van der Waals surface area contributed by atoms with Crippen LogP contribution in [0, 0.1) is 23.4 Å². The number of nitrogens with one attached hydrogen (secondary N) is 2. The Labute approximate surface area is 315 Å². The van der Waals surface area contributed by atoms with E-state index in [0.717, 1.165) is 29.0 Å². The van der Waals surface area contributed by atoms with Crippen molar-refractivity contribution in [3.8, 4) is 5.69 Å². The highest BCUT2D eigenvalue weighted by Crippen LogP contribution is 2.68. The molecular weight excluding hydrogens is 797 g/mol. The Balaban J connectivity index is 1.32. The van der Waals surface area contributed by atoms with Gasteiger partial charge in [-0.25, -0.2) is 35.4 Å². The fraction of sp³-hybridized carbons (Fsp3) is 0.286. The first kappa shape index (κ1) is 37.4. The number of rotatable bonds is 10. The minimum Gasteiger partial charge on any atom is -0.344 e. The largest absolute Gasteiger partial charge is 0.344 e. The zero-order valence-corrected chi connectivity index (χ0v) is 30.4. The third kappa shape index (κ3) is 6.23. The number of amides is 1. The molecule has 0 saturated heterocycles. The lowest BCUT2D eigenvalue weighted by Gasteiger charge is -2.24. The normalized spacial score (nSPS) is 17.7. The summed E-state index contributed by atoms with van der Waals surface area (Å²) in [5.74, 6) is -10.4. The summed E-state index contributed by atoms with van der Waals surface area (Å²) in [5, 5.41) is 10.2. The molecule has 8 rings (SSSR count). The third-order valence-corrected chi connectivity index (χ3v) is 10.7. The fourth-order valence-electron chi connectivity index (χ4n) is 7.57. The van der Waals surface area contributed by atoms with E-state index >= 15 is 13.2 Å². The van der Waals surface area contributed by atoms with Crippen LogP contribution in [0.5, 0.6) is 0 Å². The lowest BCUT2D eigenvalue weighted by atomic mass is 10.0. The van der Waals surface area contributed by atoms with Gasteiger partial charge in [0.05, 0.1) is 39.3 Å². The molecule has 1 fully saturated rings. The number of hydrogen-bond donors (Lipinski definition) is 2. The second kappa shape index (κ2) is 13.0. The van der Waals surface area contributed by atoms with Crippen molar-refractivity contribution in [2.75, 3.05) is 11.0 Å². The van der Waals surface area contributed by atoms with Crippen LogP contribution in [-0.4, -0.2) is 49.7 Å². The van der Waals surface area contributed by atoms with E-state index in [9.17, 15) is 35.6 Å². The number of anilines is 1. The second-order valence-electron chi connectivity index (χ2n) is 13.7. The van der Waals surface area contributed by atoms with Crippen molar-refractivity contribution < 1.29 is 43.9 Å². The number of carbonyl (C=O) groups is 1. The number of alkyl halides is 4. The van der Waals surface area contributed by atoms with Gasteiger partial charge in [-0.2, -0.15) is 19.0 Å². The van der Waals surface area contributed by atoms with Gasteiger partial charge in [-0.1, -0.05) is 17.7 Å². The van der Waals surface area contributed by atoms with E-state index < -0.39 is 105 Å². The van der Waals surface area contributed by atoms with E-state index in [2.05, 4.69) is 25.2 Å². The monoisotopic (exact) mass is 822 g/mol. The lowest BCUT2D eigenvalue weighted by molar-refractivity contribution is -0.123. The molecule has 21 heteroatoms. The molecule has 1 saturated carbocycles. The summed E-state index contributed by atoms with van der Waals surface area (Å²) < 4.78 is 132. The van der Waals surface area contributed by atoms with E-state index in [1.54, 1.807) is 0 Å². The molecule has 292 valence electrons. The molecule has 6 aromatic rings. The Morgan fingerprint density at radius 2 is 1.79 bits per heavy atom. The first-order valence-electron chi connectivity index (χ1n) is 16.7. The highest BCUT2D eigenvalue weighted by Gasteiger charge is 2.67. The molecule has 3 heterocycles. The number of hydrogen-bond acceptors (Lipinski definition) is 7. The fourth-order valence-corrected chi connectivity index (χ4v) is 8.30. The van der Waals surface area contributed by atoms with Gasteiger partial charge >= 0.3 is 0 Å². The molecule has 56 heavy (non-hydrogen) atoms. The van der Waals surface area contributed by atoms with Gasteiger partial charge in [-0.05, 0) is 54.3 Å². The number of benzene rings is 3. The van der Waals surface area contributed by atoms with E-state index in [-0.39, 0.29) is 50.4 Å². The SMILES string of the molecule is Cn1nc(NS(C)(=O)=O)c2c(Cl)ccc(-n3c([C@H](Cc4cc(F)cc(F)c4)NC(=O)Cn4nc(C(F)F)c5c4C(F)(F)[C@@H]4C[C@H]54)nc4c(F)cccc4c3=O)c21. The van der Waals surface area contributed by atoms with Gasteiger partial charge in [0.25, 0.3) is 17.9 Å². The van der Waals surface area contributed by atoms with Crippen molar-refractivity contribution in [3.05, 3.63) is 110 Å². The number of nitrogens with zero attached hydrogens (tertiary/aromatic N) is 6. The highest BCUT2D eigenvalue weighted by molar-refractivity contribution is 7.92. The summed E-state index contributed by atoms with van der Waals surface area (Å²) in [6.07, 6.45) is -2.92. The van der Waals surface area contributed by atoms with Gasteiger partial charge in [-0.3, -0.25) is 28.2 Å². The van der Waals surface area contributed by atoms with Crippen LogP contribution in [0.15, 0.2) is 53.3 Å². The molecule has 2 N–H and O–H groups in total. The maximum Gasteiger partial charge on any atom is 0.293 e. The molecule has 3 atom stereocenters. The highest BCUT2D eigenvalue weighted by atomic mass is 35.5. The number of carbonyl (C=O) groups excluding carboxylic acids is 1. The molecule has 3 aromatic carbocycles. The Morgan fingerprint density at radius 1 is 1.07 bits per heavy atom. The van der Waals surface area contributed by atoms with Crippen LogP contribution >= 0.6 is 11.6 Å². The van der Waals surface area contributed by atoms with Crippen molar-refractivity contribution in [1.29, 1.82) is 0 Å². The number of fused-ring (bicyclic) bond motifs is 5. The number of halogens is 8. The maximum atomic E-state index is 15.4. The van der Waals surface area contributed by atoms with Crippen LogP contribution in [0.1, 0.15) is 53.1 Å². The number of aromatic nitrogens is 6. The van der Waals surface area contributed by atoms with Crippen LogP contribution in [0.25, 0.3) is 27.5 Å². The minimum absolute atomic E-state index is 0.0122. The topological polar surface area (TPSA) is 146 Å². The molecule has 0 spiro atoms. The van der Waals surface area contributed by atoms with Crippen LogP contribution in [-0.2, 0) is 40.8 Å². The smallest absolute Gasteiger partial charge is 0.293 e. The minimum atomic E-state index is -3.92. The van der Waals surface area contributed by atoms with Crippen LogP contribution < -0.4 is 15.6 Å². The second-order valence-corrected chi connectivity index (χ2v) is 15.8. The first-order valence-corrected chi connectivity index (χ1v) is 19.0. The van der Waals surface area contributed by atoms with Gasteiger partial charge in [0.1, 0.15) is 46.7 Å². The number of para-hydroxylation sites is 1. The van der Waals surface area contributed by atoms with Crippen molar-refractivity contribution >= 4 is 55.2 Å². The lowest BCUT2D eigenvalue weighted by Crippen LogP contribution is -2.38. The Kier molecular flexibility index (Phi) is 8.71. The quantitative estimate of drug-likeness (QED) is 0.158. The van der Waals surface area contributed by atoms with E-state index in [1.807, 2.05) is 0 Å². The standard InChI is InChI=1S/C35H26ClF7N8O4S/c1-49-29-23(7-6-20(36)26(29)32(47-49)48-56(2,54)55)51-33(45-27-17(34(51)53)4-3-5-21(27)39)22(10-14-8-15(37)11-16(38)9-14)44-24(52)13-50-30-25(28(46-50)31(40)41)18-12-19(18)35(30,42)43/h3-9,11,18-19,22,31H,10,12-13H2,1-2H3,(H,44,52)(H,47,48)/t18-,19+,22-/m0/s1. The molecule has 3 aromatic heterocycles. The van der Waals surface area contributed by atoms with Crippen molar-refractivity contribution in [1.82, 2.24) is 34.4 Å². The molecule has 0 bridgehead atoms. The summed E-state index contributed by atoms with van der Waals surface area (Å²) in [4.78, 5) is 32.8. The summed E-state index contributed by atoms with van der Waals surface area (Å²) in [5.41, 5.74) is -3.56. The van der Waals surface area contributed by atoms with E-state index in [4.69, 9.17) is 11.6 Å². The summed E-state index contributed by atoms with van der Waals surface area (Å²) in [6.45, 7) is -1.03. The summed E-state index contributed by atoms with van der Waals surface area (Å²) in [7, 11) is -2.52. The average Bonchev–Trinajstić information content (AvgIpc) is 3.63. The number of sulfonamides is 1. The first-order chi connectivity index (χ1) is 26.3. The van der Waals surface area contributed by atoms with Gasteiger partial charge in [0, 0.05) is 31.0 Å². The molecular formula is C35H26ClF7N8O4S. The van der Waals surface area contributed by atoms with Gasteiger partial charge in [0.2, 0.25) is 15.9 Å². The zero-order valence-electron chi connectivity index (χ0n) is 28.8. The predicted molar refractivity (Wildman–Crippen MR) is 188 cm³/mol. The van der Waals surface area contributed by atoms with Gasteiger partial charge in [0.15, 0.2) is 5.82 Å². The van der Waals surface area contributed by atoms with Crippen LogP contribution in [0.2, 0.25) is 5.02 Å². The van der Waals surface area contributed by atoms with Crippen LogP contribution in [0.4, 0.5) is 36.6 Å². The van der Waals surface area contributed by atoms with Gasteiger partial charge in [-0.15, -0.1) is 0 Å². The average molecular weight is 823 g/mol. The molecule has 12 nitrogen and oxygen atoms in total. The molecule has 2 aliphatic carbocycles. The van der Waals surface area contributed by atoms with Crippen molar-refractivity contribution in [2.45, 2.75) is 43.7 Å². The van der Waals surface area contributed by atoms with Gasteiger partial charge < -0.3 is 5.32 Å². The van der Waals surface area contributed by atoms with E-state index in [1.165, 1.54) is 36.0 Å². The molecule has 0 aliphatic heterocycles. The predicted octanol–water partition coefficient (Wildman–Crippen LogP) is 6.16. The number of aryl methyl sites for hydroxylation is 1.